The largest absolute Gasteiger partial charge is 0.494 e. The van der Waals surface area contributed by atoms with E-state index in [1.807, 2.05) is 26.0 Å². The van der Waals surface area contributed by atoms with Crippen LogP contribution in [0.15, 0.2) is 47.4 Å². The molecule has 0 aromatic heterocycles. The van der Waals surface area contributed by atoms with E-state index < -0.39 is 10.0 Å². The highest BCUT2D eigenvalue weighted by Crippen LogP contribution is 2.25. The lowest BCUT2D eigenvalue weighted by atomic mass is 9.99. The monoisotopic (exact) mass is 375 g/mol. The molecule has 0 saturated heterocycles. The van der Waals surface area contributed by atoms with Crippen LogP contribution in [0.2, 0.25) is 0 Å². The first-order valence-electron chi connectivity index (χ1n) is 8.80. The number of hydrogen-bond donors (Lipinski definition) is 0. The van der Waals surface area contributed by atoms with Crippen LogP contribution in [0.5, 0.6) is 5.75 Å². The minimum atomic E-state index is -3.57. The summed E-state index contributed by atoms with van der Waals surface area (Å²) in [6, 6.07) is 13.1. The van der Waals surface area contributed by atoms with Crippen molar-refractivity contribution in [3.8, 4) is 5.75 Å². The number of sulfonamides is 1. The van der Waals surface area contributed by atoms with Crippen LogP contribution in [-0.2, 0) is 27.8 Å². The molecule has 0 aliphatic carbocycles. The van der Waals surface area contributed by atoms with Crippen LogP contribution in [0.3, 0.4) is 0 Å². The van der Waals surface area contributed by atoms with Crippen molar-refractivity contribution in [1.82, 2.24) is 4.31 Å². The van der Waals surface area contributed by atoms with Gasteiger partial charge in [-0.3, -0.25) is 0 Å². The normalized spacial score (nSPS) is 17.2. The van der Waals surface area contributed by atoms with Crippen LogP contribution < -0.4 is 4.74 Å². The maximum atomic E-state index is 12.9. The zero-order valence-corrected chi connectivity index (χ0v) is 16.3. The SMILES string of the molecule is CCOc1ccc(S(=O)(=O)N(C)CC2Cc3ccccc3CO2)cc1C. The third-order valence-electron chi connectivity index (χ3n) is 4.66. The lowest BCUT2D eigenvalue weighted by molar-refractivity contribution is 0.0202. The van der Waals surface area contributed by atoms with Crippen molar-refractivity contribution in [3.63, 3.8) is 0 Å². The summed E-state index contributed by atoms with van der Waals surface area (Å²) in [7, 11) is -1.97. The molecule has 26 heavy (non-hydrogen) atoms. The minimum absolute atomic E-state index is 0.145. The molecule has 0 saturated carbocycles. The molecule has 140 valence electrons. The molecule has 0 radical (unpaired) electrons. The van der Waals surface area contributed by atoms with E-state index in [0.29, 0.717) is 25.5 Å². The number of hydrogen-bond acceptors (Lipinski definition) is 4. The number of fused-ring (bicyclic) bond motifs is 1. The molecule has 2 aromatic carbocycles. The van der Waals surface area contributed by atoms with Gasteiger partial charge in [-0.05, 0) is 48.7 Å². The van der Waals surface area contributed by atoms with Gasteiger partial charge in [0.05, 0.1) is 24.2 Å². The second kappa shape index (κ2) is 7.78. The van der Waals surface area contributed by atoms with Gasteiger partial charge in [0.1, 0.15) is 5.75 Å². The average molecular weight is 375 g/mol. The third kappa shape index (κ3) is 3.92. The molecule has 0 amide bonds. The molecule has 1 heterocycles. The molecule has 3 rings (SSSR count). The fourth-order valence-corrected chi connectivity index (χ4v) is 4.48. The fraction of sp³-hybridized carbons (Fsp3) is 0.400. The Morgan fingerprint density at radius 3 is 2.62 bits per heavy atom. The van der Waals surface area contributed by atoms with E-state index in [0.717, 1.165) is 12.0 Å². The summed E-state index contributed by atoms with van der Waals surface area (Å²) < 4.78 is 38.5. The van der Waals surface area contributed by atoms with Crippen LogP contribution in [0, 0.1) is 6.92 Å². The Balaban J connectivity index is 1.73. The van der Waals surface area contributed by atoms with E-state index in [-0.39, 0.29) is 11.0 Å². The van der Waals surface area contributed by atoms with E-state index in [1.54, 1.807) is 25.2 Å². The van der Waals surface area contributed by atoms with Gasteiger partial charge in [-0.1, -0.05) is 24.3 Å². The molecule has 6 heteroatoms. The third-order valence-corrected chi connectivity index (χ3v) is 6.48. The zero-order valence-electron chi connectivity index (χ0n) is 15.4. The maximum Gasteiger partial charge on any atom is 0.242 e. The van der Waals surface area contributed by atoms with E-state index in [2.05, 4.69) is 12.1 Å². The van der Waals surface area contributed by atoms with Crippen LogP contribution >= 0.6 is 0 Å². The van der Waals surface area contributed by atoms with E-state index in [1.165, 1.54) is 15.4 Å². The zero-order chi connectivity index (χ0) is 18.7. The van der Waals surface area contributed by atoms with Crippen molar-refractivity contribution < 1.29 is 17.9 Å². The van der Waals surface area contributed by atoms with Gasteiger partial charge in [0, 0.05) is 20.0 Å². The fourth-order valence-electron chi connectivity index (χ4n) is 3.19. The van der Waals surface area contributed by atoms with Gasteiger partial charge in [0.15, 0.2) is 0 Å². The molecule has 0 bridgehead atoms. The van der Waals surface area contributed by atoms with E-state index in [9.17, 15) is 8.42 Å². The standard InChI is InChI=1S/C20H25NO4S/c1-4-24-20-10-9-19(11-15(20)2)26(22,23)21(3)13-18-12-16-7-5-6-8-17(16)14-25-18/h5-11,18H,4,12-14H2,1-3H3. The number of rotatable bonds is 6. The van der Waals surface area contributed by atoms with Crippen molar-refractivity contribution in [2.45, 2.75) is 37.9 Å². The van der Waals surface area contributed by atoms with Crippen molar-refractivity contribution >= 4 is 10.0 Å². The molecule has 2 aromatic rings. The molecule has 1 unspecified atom stereocenters. The molecular weight excluding hydrogens is 350 g/mol. The van der Waals surface area contributed by atoms with E-state index in [4.69, 9.17) is 9.47 Å². The highest BCUT2D eigenvalue weighted by atomic mass is 32.2. The first kappa shape index (κ1) is 18.9. The predicted molar refractivity (Wildman–Crippen MR) is 101 cm³/mol. The van der Waals surface area contributed by atoms with Gasteiger partial charge >= 0.3 is 0 Å². The average Bonchev–Trinajstić information content (AvgIpc) is 2.63. The van der Waals surface area contributed by atoms with Gasteiger partial charge in [0.2, 0.25) is 10.0 Å². The Morgan fingerprint density at radius 2 is 1.92 bits per heavy atom. The van der Waals surface area contributed by atoms with Crippen LogP contribution in [0.4, 0.5) is 0 Å². The Hall–Kier alpha value is -1.89. The van der Waals surface area contributed by atoms with Crippen LogP contribution in [0.1, 0.15) is 23.6 Å². The van der Waals surface area contributed by atoms with Crippen molar-refractivity contribution in [2.24, 2.45) is 0 Å². The summed E-state index contributed by atoms with van der Waals surface area (Å²) in [5, 5.41) is 0. The Labute approximate surface area is 155 Å². The Morgan fingerprint density at radius 1 is 1.19 bits per heavy atom. The number of nitrogens with zero attached hydrogens (tertiary/aromatic N) is 1. The first-order chi connectivity index (χ1) is 12.4. The molecule has 1 atom stereocenters. The molecule has 0 fully saturated rings. The van der Waals surface area contributed by atoms with Gasteiger partial charge in [-0.25, -0.2) is 8.42 Å². The highest BCUT2D eigenvalue weighted by Gasteiger charge is 2.27. The van der Waals surface area contributed by atoms with Gasteiger partial charge < -0.3 is 9.47 Å². The number of benzene rings is 2. The second-order valence-electron chi connectivity index (χ2n) is 6.55. The maximum absolute atomic E-state index is 12.9. The number of likely N-dealkylation sites (N-methyl/N-ethyl adjacent to an activating group) is 1. The van der Waals surface area contributed by atoms with Crippen molar-refractivity contribution in [2.75, 3.05) is 20.2 Å². The number of ether oxygens (including phenoxy) is 2. The number of aryl methyl sites for hydroxylation is 1. The second-order valence-corrected chi connectivity index (χ2v) is 8.60. The highest BCUT2D eigenvalue weighted by molar-refractivity contribution is 7.89. The van der Waals surface area contributed by atoms with Gasteiger partial charge in [-0.2, -0.15) is 4.31 Å². The lowest BCUT2D eigenvalue weighted by Crippen LogP contribution is -2.38. The summed E-state index contributed by atoms with van der Waals surface area (Å²) in [6.07, 6.45) is 0.576. The summed E-state index contributed by atoms with van der Waals surface area (Å²) in [5.74, 6) is 0.710. The summed E-state index contributed by atoms with van der Waals surface area (Å²) >= 11 is 0. The first-order valence-corrected chi connectivity index (χ1v) is 10.2. The molecule has 1 aliphatic heterocycles. The van der Waals surface area contributed by atoms with E-state index >= 15 is 0 Å². The van der Waals surface area contributed by atoms with Crippen LogP contribution in [0.25, 0.3) is 0 Å². The molecule has 1 aliphatic rings. The molecule has 0 N–H and O–H groups in total. The predicted octanol–water partition coefficient (Wildman–Crippen LogP) is 3.16. The minimum Gasteiger partial charge on any atom is -0.494 e. The molecular formula is C20H25NO4S. The topological polar surface area (TPSA) is 55.8 Å². The summed E-state index contributed by atoms with van der Waals surface area (Å²) in [6.45, 7) is 5.15. The Kier molecular flexibility index (Phi) is 5.65. The van der Waals surface area contributed by atoms with Crippen molar-refractivity contribution in [3.05, 3.63) is 59.2 Å². The molecule has 5 nitrogen and oxygen atoms in total. The summed E-state index contributed by atoms with van der Waals surface area (Å²) in [4.78, 5) is 0.275. The van der Waals surface area contributed by atoms with Gasteiger partial charge in [-0.15, -0.1) is 0 Å². The summed E-state index contributed by atoms with van der Waals surface area (Å²) in [5.41, 5.74) is 3.21. The quantitative estimate of drug-likeness (QED) is 0.778. The smallest absolute Gasteiger partial charge is 0.242 e. The lowest BCUT2D eigenvalue weighted by Gasteiger charge is -2.28. The van der Waals surface area contributed by atoms with Crippen LogP contribution in [-0.4, -0.2) is 39.0 Å². The van der Waals surface area contributed by atoms with Gasteiger partial charge in [0.25, 0.3) is 0 Å². The molecule has 0 spiro atoms. The Bertz CT molecular complexity index is 879. The van der Waals surface area contributed by atoms with Crippen molar-refractivity contribution in [1.29, 1.82) is 0 Å².